The Labute approximate surface area is 124 Å². The molecule has 7 nitrogen and oxygen atoms in total. The van der Waals surface area contributed by atoms with Crippen molar-refractivity contribution in [2.75, 3.05) is 34.0 Å². The van der Waals surface area contributed by atoms with Gasteiger partial charge < -0.3 is 14.6 Å². The molecule has 1 aromatic rings. The second-order valence-electron chi connectivity index (χ2n) is 4.03. The van der Waals surface area contributed by atoms with Crippen molar-refractivity contribution < 1.29 is 23.0 Å². The van der Waals surface area contributed by atoms with E-state index >= 15 is 0 Å². The Hall–Kier alpha value is -1.50. The number of nitrogens with one attached hydrogen (secondary N) is 1. The number of aliphatic hydroxyl groups excluding tert-OH is 1. The fraction of sp³-hybridized carbons (Fsp3) is 0.462. The summed E-state index contributed by atoms with van der Waals surface area (Å²) in [5, 5.41) is 8.63. The predicted octanol–water partition coefficient (Wildman–Crippen LogP) is -0.635. The Morgan fingerprint density at radius 3 is 2.81 bits per heavy atom. The highest BCUT2D eigenvalue weighted by molar-refractivity contribution is 7.89. The molecule has 8 heteroatoms. The van der Waals surface area contributed by atoms with Crippen molar-refractivity contribution in [3.05, 3.63) is 24.0 Å². The number of nitrogens with zero attached hydrogens (tertiary/aromatic N) is 1. The van der Waals surface area contributed by atoms with Crippen molar-refractivity contribution in [3.8, 4) is 11.8 Å². The molecule has 116 valence electrons. The molecule has 0 fully saturated rings. The minimum Gasteiger partial charge on any atom is -0.384 e. The van der Waals surface area contributed by atoms with Gasteiger partial charge in [0, 0.05) is 38.7 Å². The molecule has 0 aliphatic carbocycles. The molecule has 2 N–H and O–H groups in total. The Morgan fingerprint density at radius 1 is 1.43 bits per heavy atom. The van der Waals surface area contributed by atoms with E-state index < -0.39 is 10.0 Å². The van der Waals surface area contributed by atoms with E-state index in [1.165, 1.54) is 32.7 Å². The van der Waals surface area contributed by atoms with Crippen molar-refractivity contribution >= 4 is 10.0 Å². The van der Waals surface area contributed by atoms with E-state index in [0.717, 1.165) is 0 Å². The summed E-state index contributed by atoms with van der Waals surface area (Å²) in [7, 11) is -0.725. The van der Waals surface area contributed by atoms with Crippen LogP contribution in [0.2, 0.25) is 0 Å². The highest BCUT2D eigenvalue weighted by Crippen LogP contribution is 2.09. The molecule has 1 rings (SSSR count). The van der Waals surface area contributed by atoms with Crippen molar-refractivity contribution in [1.29, 1.82) is 0 Å². The number of aromatic nitrogens is 1. The lowest BCUT2D eigenvalue weighted by molar-refractivity contribution is 0.0320. The summed E-state index contributed by atoms with van der Waals surface area (Å²) < 4.78 is 36.7. The van der Waals surface area contributed by atoms with Crippen molar-refractivity contribution in [2.45, 2.75) is 11.0 Å². The summed E-state index contributed by atoms with van der Waals surface area (Å²) in [4.78, 5) is 3.83. The second kappa shape index (κ2) is 8.71. The van der Waals surface area contributed by atoms with E-state index in [-0.39, 0.29) is 30.8 Å². The molecule has 0 saturated carbocycles. The Balaban J connectivity index is 2.82. The van der Waals surface area contributed by atoms with Gasteiger partial charge in [-0.2, -0.15) is 0 Å². The van der Waals surface area contributed by atoms with Crippen molar-refractivity contribution in [3.63, 3.8) is 0 Å². The summed E-state index contributed by atoms with van der Waals surface area (Å²) in [5.41, 5.74) is 0.409. The zero-order chi connectivity index (χ0) is 15.7. The maximum absolute atomic E-state index is 12.1. The summed E-state index contributed by atoms with van der Waals surface area (Å²) in [6.45, 7) is 0.0558. The number of rotatable bonds is 7. The minimum absolute atomic E-state index is 0.000454. The quantitative estimate of drug-likeness (QED) is 0.650. The van der Waals surface area contributed by atoms with Gasteiger partial charge in [0.25, 0.3) is 0 Å². The van der Waals surface area contributed by atoms with Gasteiger partial charge in [0.05, 0.1) is 12.7 Å². The largest absolute Gasteiger partial charge is 0.384 e. The van der Waals surface area contributed by atoms with Crippen LogP contribution in [0.3, 0.4) is 0 Å². The standard InChI is InChI=1S/C13H18N2O5S/c1-19-10-12(20-2)8-15-21(17,18)13-6-11(4-3-5-16)7-14-9-13/h6-7,9,12,15-16H,5,8,10H2,1-2H3. The first-order valence-electron chi connectivity index (χ1n) is 6.09. The molecule has 1 aromatic heterocycles. The van der Waals surface area contributed by atoms with E-state index in [0.29, 0.717) is 5.56 Å². The average Bonchev–Trinajstić information content (AvgIpc) is 2.49. The fourth-order valence-electron chi connectivity index (χ4n) is 1.46. The smallest absolute Gasteiger partial charge is 0.242 e. The summed E-state index contributed by atoms with van der Waals surface area (Å²) in [6, 6.07) is 1.39. The zero-order valence-electron chi connectivity index (χ0n) is 11.9. The first-order valence-corrected chi connectivity index (χ1v) is 7.58. The number of methoxy groups -OCH3 is 2. The van der Waals surface area contributed by atoms with Crippen LogP contribution in [0, 0.1) is 11.8 Å². The molecule has 21 heavy (non-hydrogen) atoms. The Kier molecular flexibility index (Phi) is 7.28. The van der Waals surface area contributed by atoms with Crippen LogP contribution in [0.25, 0.3) is 0 Å². The van der Waals surface area contributed by atoms with Gasteiger partial charge in [-0.05, 0) is 6.07 Å². The van der Waals surface area contributed by atoms with Crippen LogP contribution >= 0.6 is 0 Å². The van der Waals surface area contributed by atoms with Crippen LogP contribution in [0.5, 0.6) is 0 Å². The molecule has 0 aromatic carbocycles. The number of sulfonamides is 1. The third-order valence-corrected chi connectivity index (χ3v) is 3.91. The molecule has 0 aliphatic rings. The van der Waals surface area contributed by atoms with Gasteiger partial charge in [0.2, 0.25) is 10.0 Å². The van der Waals surface area contributed by atoms with E-state index in [9.17, 15) is 8.42 Å². The lowest BCUT2D eigenvalue weighted by Crippen LogP contribution is -2.35. The number of hydrogen-bond donors (Lipinski definition) is 2. The molecule has 1 unspecified atom stereocenters. The minimum atomic E-state index is -3.71. The third-order valence-electron chi connectivity index (χ3n) is 2.52. The van der Waals surface area contributed by atoms with Crippen LogP contribution in [0.1, 0.15) is 5.56 Å². The summed E-state index contributed by atoms with van der Waals surface area (Å²) in [6.07, 6.45) is 2.27. The monoisotopic (exact) mass is 314 g/mol. The van der Waals surface area contributed by atoms with E-state index in [4.69, 9.17) is 14.6 Å². The van der Waals surface area contributed by atoms with Gasteiger partial charge in [-0.3, -0.25) is 4.98 Å². The molecular weight excluding hydrogens is 296 g/mol. The summed E-state index contributed by atoms with van der Waals surface area (Å²) >= 11 is 0. The highest BCUT2D eigenvalue weighted by Gasteiger charge is 2.17. The van der Waals surface area contributed by atoms with Crippen LogP contribution in [0.4, 0.5) is 0 Å². The molecule has 0 amide bonds. The van der Waals surface area contributed by atoms with Gasteiger partial charge >= 0.3 is 0 Å². The van der Waals surface area contributed by atoms with Gasteiger partial charge in [0.15, 0.2) is 0 Å². The normalized spacial score (nSPS) is 12.5. The lowest BCUT2D eigenvalue weighted by Gasteiger charge is -2.15. The van der Waals surface area contributed by atoms with Gasteiger partial charge in [-0.1, -0.05) is 11.8 Å². The van der Waals surface area contributed by atoms with Gasteiger partial charge in [-0.15, -0.1) is 0 Å². The van der Waals surface area contributed by atoms with Crippen molar-refractivity contribution in [2.24, 2.45) is 0 Å². The van der Waals surface area contributed by atoms with E-state index in [1.807, 2.05) is 0 Å². The predicted molar refractivity (Wildman–Crippen MR) is 76.1 cm³/mol. The maximum atomic E-state index is 12.1. The first kappa shape index (κ1) is 17.6. The Bertz CT molecular complexity index is 606. The number of aliphatic hydroxyl groups is 1. The molecule has 1 heterocycles. The SMILES string of the molecule is COCC(CNS(=O)(=O)c1cncc(C#CCO)c1)OC. The lowest BCUT2D eigenvalue weighted by atomic mass is 10.3. The average molecular weight is 314 g/mol. The Morgan fingerprint density at radius 2 is 2.19 bits per heavy atom. The first-order chi connectivity index (χ1) is 10.0. The second-order valence-corrected chi connectivity index (χ2v) is 5.80. The molecule has 0 spiro atoms. The number of hydrogen-bond acceptors (Lipinski definition) is 6. The third kappa shape index (κ3) is 5.79. The van der Waals surface area contributed by atoms with E-state index in [1.54, 1.807) is 0 Å². The fourth-order valence-corrected chi connectivity index (χ4v) is 2.51. The number of ether oxygens (including phenoxy) is 2. The molecule has 0 saturated heterocycles. The van der Waals surface area contributed by atoms with Crippen LogP contribution < -0.4 is 4.72 Å². The molecule has 0 radical (unpaired) electrons. The van der Waals surface area contributed by atoms with E-state index in [2.05, 4.69) is 21.5 Å². The van der Waals surface area contributed by atoms with Crippen LogP contribution in [-0.2, 0) is 19.5 Å². The van der Waals surface area contributed by atoms with Crippen LogP contribution in [-0.4, -0.2) is 58.6 Å². The van der Waals surface area contributed by atoms with Gasteiger partial charge in [-0.25, -0.2) is 13.1 Å². The summed E-state index contributed by atoms with van der Waals surface area (Å²) in [5.74, 6) is 5.04. The zero-order valence-corrected chi connectivity index (χ0v) is 12.7. The topological polar surface area (TPSA) is 97.8 Å². The van der Waals surface area contributed by atoms with Crippen molar-refractivity contribution in [1.82, 2.24) is 9.71 Å². The highest BCUT2D eigenvalue weighted by atomic mass is 32.2. The molecule has 0 bridgehead atoms. The van der Waals surface area contributed by atoms with Gasteiger partial charge in [0.1, 0.15) is 11.5 Å². The molecule has 0 aliphatic heterocycles. The molecule has 1 atom stereocenters. The number of pyridine rings is 1. The molecular formula is C13H18N2O5S. The van der Waals surface area contributed by atoms with Crippen LogP contribution in [0.15, 0.2) is 23.4 Å². The maximum Gasteiger partial charge on any atom is 0.242 e.